The van der Waals surface area contributed by atoms with Gasteiger partial charge in [-0.3, -0.25) is 15.8 Å². The van der Waals surface area contributed by atoms with E-state index in [1.807, 2.05) is 35.5 Å². The van der Waals surface area contributed by atoms with Gasteiger partial charge in [0.05, 0.1) is 23.3 Å². The fourth-order valence-electron chi connectivity index (χ4n) is 3.61. The first kappa shape index (κ1) is 17.6. The second kappa shape index (κ2) is 7.82. The van der Waals surface area contributed by atoms with Crippen molar-refractivity contribution in [2.45, 2.75) is 19.3 Å². The number of allylic oxidation sites excluding steroid dienone is 1. The summed E-state index contributed by atoms with van der Waals surface area (Å²) >= 11 is 0. The maximum Gasteiger partial charge on any atom is 0.0941 e. The molecule has 27 heavy (non-hydrogen) atoms. The van der Waals surface area contributed by atoms with E-state index < -0.39 is 0 Å². The zero-order valence-electron chi connectivity index (χ0n) is 15.4. The van der Waals surface area contributed by atoms with Gasteiger partial charge in [-0.25, -0.2) is 0 Å². The second-order valence-electron chi connectivity index (χ2n) is 7.08. The van der Waals surface area contributed by atoms with Crippen LogP contribution in [0.5, 0.6) is 0 Å². The Bertz CT molecular complexity index is 853. The van der Waals surface area contributed by atoms with Crippen molar-refractivity contribution in [2.24, 2.45) is 0 Å². The smallest absolute Gasteiger partial charge is 0.0941 e. The summed E-state index contributed by atoms with van der Waals surface area (Å²) in [7, 11) is 0. The molecular formula is C21H26N6. The molecule has 0 aliphatic carbocycles. The number of nitrogens with two attached hydrogens (primary N) is 1. The van der Waals surface area contributed by atoms with Crippen molar-refractivity contribution in [1.29, 1.82) is 5.41 Å². The molecule has 140 valence electrons. The van der Waals surface area contributed by atoms with Gasteiger partial charge in [-0.2, -0.15) is 0 Å². The highest BCUT2D eigenvalue weighted by molar-refractivity contribution is 6.13. The molecule has 2 aliphatic heterocycles. The van der Waals surface area contributed by atoms with Crippen molar-refractivity contribution in [3.8, 4) is 0 Å². The number of hydrogen-bond acceptors (Lipinski definition) is 6. The standard InChI is InChI=1S/C21H26N6/c22-19-9-2-1-8-18(19)21(23)20-15-27(25-24-20)17-7-5-6-16(14-17)10-13-26-11-3-4-12-26/h1-2,5-9,14-15,23-25H,3-4,10-13,22H2. The van der Waals surface area contributed by atoms with Crippen LogP contribution in [0.25, 0.3) is 0 Å². The van der Waals surface area contributed by atoms with E-state index in [1.165, 1.54) is 31.5 Å². The summed E-state index contributed by atoms with van der Waals surface area (Å²) < 4.78 is 0. The lowest BCUT2D eigenvalue weighted by Crippen LogP contribution is -2.37. The molecule has 1 fully saturated rings. The minimum absolute atomic E-state index is 0.369. The van der Waals surface area contributed by atoms with Crippen molar-refractivity contribution >= 4 is 17.1 Å². The molecule has 0 saturated carbocycles. The van der Waals surface area contributed by atoms with Crippen molar-refractivity contribution < 1.29 is 0 Å². The van der Waals surface area contributed by atoms with E-state index in [4.69, 9.17) is 11.1 Å². The van der Waals surface area contributed by atoms with Gasteiger partial charge in [0.1, 0.15) is 0 Å². The summed E-state index contributed by atoms with van der Waals surface area (Å²) in [5, 5.41) is 10.3. The molecule has 0 bridgehead atoms. The molecule has 0 unspecified atom stereocenters. The minimum atomic E-state index is 0.369. The Morgan fingerprint density at radius 1 is 1.07 bits per heavy atom. The van der Waals surface area contributed by atoms with Crippen molar-refractivity contribution in [3.05, 3.63) is 71.6 Å². The van der Waals surface area contributed by atoms with Gasteiger partial charge in [-0.05, 0) is 56.1 Å². The highest BCUT2D eigenvalue weighted by Crippen LogP contribution is 2.21. The second-order valence-corrected chi connectivity index (χ2v) is 7.08. The minimum Gasteiger partial charge on any atom is -0.398 e. The van der Waals surface area contributed by atoms with Gasteiger partial charge in [-0.1, -0.05) is 30.3 Å². The normalized spacial score (nSPS) is 17.0. The lowest BCUT2D eigenvalue weighted by atomic mass is 10.1. The number of nitrogens with zero attached hydrogens (tertiary/aromatic N) is 2. The number of anilines is 2. The Balaban J connectivity index is 1.45. The third-order valence-corrected chi connectivity index (χ3v) is 5.17. The van der Waals surface area contributed by atoms with E-state index in [0.717, 1.165) is 24.2 Å². The number of rotatable bonds is 6. The third kappa shape index (κ3) is 3.97. The van der Waals surface area contributed by atoms with Crippen LogP contribution in [0.2, 0.25) is 0 Å². The van der Waals surface area contributed by atoms with Gasteiger partial charge in [0.15, 0.2) is 0 Å². The fraction of sp³-hybridized carbons (Fsp3) is 0.286. The molecule has 1 saturated heterocycles. The van der Waals surface area contributed by atoms with E-state index in [2.05, 4.69) is 40.1 Å². The van der Waals surface area contributed by atoms with Crippen molar-refractivity contribution in [2.75, 3.05) is 30.4 Å². The molecule has 2 aromatic rings. The predicted octanol–water partition coefficient (Wildman–Crippen LogP) is 2.65. The lowest BCUT2D eigenvalue weighted by molar-refractivity contribution is 0.343. The van der Waals surface area contributed by atoms with Crippen LogP contribution in [0.15, 0.2) is 60.4 Å². The molecule has 4 rings (SSSR count). The van der Waals surface area contributed by atoms with E-state index in [0.29, 0.717) is 17.1 Å². The van der Waals surface area contributed by atoms with Crippen LogP contribution in [-0.4, -0.2) is 30.2 Å². The highest BCUT2D eigenvalue weighted by Gasteiger charge is 2.19. The van der Waals surface area contributed by atoms with Crippen LogP contribution >= 0.6 is 0 Å². The largest absolute Gasteiger partial charge is 0.398 e. The number of nitrogens with one attached hydrogen (secondary N) is 3. The molecule has 2 aliphatic rings. The summed E-state index contributed by atoms with van der Waals surface area (Å²) in [6, 6.07) is 16.0. The molecule has 6 nitrogen and oxygen atoms in total. The number of hydrogen-bond donors (Lipinski definition) is 4. The van der Waals surface area contributed by atoms with Crippen LogP contribution in [0.1, 0.15) is 24.0 Å². The SMILES string of the molecule is N=C(C1=CN(c2cccc(CCN3CCCC3)c2)NN1)c1ccccc1N. The van der Waals surface area contributed by atoms with Gasteiger partial charge in [0, 0.05) is 17.8 Å². The van der Waals surface area contributed by atoms with Gasteiger partial charge in [0.25, 0.3) is 0 Å². The Morgan fingerprint density at radius 3 is 2.70 bits per heavy atom. The van der Waals surface area contributed by atoms with Crippen molar-refractivity contribution in [3.63, 3.8) is 0 Å². The number of likely N-dealkylation sites (tertiary alicyclic amines) is 1. The van der Waals surface area contributed by atoms with E-state index in [-0.39, 0.29) is 0 Å². The molecule has 6 heteroatoms. The van der Waals surface area contributed by atoms with Crippen molar-refractivity contribution in [1.82, 2.24) is 15.9 Å². The first-order valence-electron chi connectivity index (χ1n) is 9.48. The zero-order chi connectivity index (χ0) is 18.6. The van der Waals surface area contributed by atoms with E-state index in [9.17, 15) is 0 Å². The highest BCUT2D eigenvalue weighted by atomic mass is 15.7. The summed E-state index contributed by atoms with van der Waals surface area (Å²) in [4.78, 5) is 2.53. The van der Waals surface area contributed by atoms with Crippen LogP contribution in [0, 0.1) is 5.41 Å². The topological polar surface area (TPSA) is 80.4 Å². The summed E-state index contributed by atoms with van der Waals surface area (Å²) in [5.74, 6) is 0. The Kier molecular flexibility index (Phi) is 5.09. The zero-order valence-corrected chi connectivity index (χ0v) is 15.4. The molecular weight excluding hydrogens is 336 g/mol. The molecule has 0 spiro atoms. The average molecular weight is 362 g/mol. The Morgan fingerprint density at radius 2 is 1.89 bits per heavy atom. The number of hydrazine groups is 2. The number of para-hydroxylation sites is 1. The van der Waals surface area contributed by atoms with Gasteiger partial charge in [-0.15, -0.1) is 5.53 Å². The summed E-state index contributed by atoms with van der Waals surface area (Å²) in [6.07, 6.45) is 5.61. The number of benzene rings is 2. The maximum atomic E-state index is 8.44. The molecule has 5 N–H and O–H groups in total. The van der Waals surface area contributed by atoms with Gasteiger partial charge in [0.2, 0.25) is 0 Å². The van der Waals surface area contributed by atoms with E-state index in [1.54, 1.807) is 0 Å². The molecule has 0 radical (unpaired) electrons. The van der Waals surface area contributed by atoms with Gasteiger partial charge >= 0.3 is 0 Å². The van der Waals surface area contributed by atoms with Crippen LogP contribution in [-0.2, 0) is 6.42 Å². The first-order chi connectivity index (χ1) is 13.2. The number of nitrogen functional groups attached to an aromatic ring is 1. The summed E-state index contributed by atoms with van der Waals surface area (Å²) in [6.45, 7) is 3.58. The molecule has 2 heterocycles. The Hall–Kier alpha value is -2.83. The molecule has 2 aromatic carbocycles. The Labute approximate surface area is 160 Å². The van der Waals surface area contributed by atoms with E-state index >= 15 is 0 Å². The third-order valence-electron chi connectivity index (χ3n) is 5.17. The van der Waals surface area contributed by atoms with Crippen LogP contribution < -0.4 is 21.7 Å². The van der Waals surface area contributed by atoms with Crippen LogP contribution in [0.4, 0.5) is 11.4 Å². The maximum absolute atomic E-state index is 8.44. The molecule has 0 amide bonds. The van der Waals surface area contributed by atoms with Crippen LogP contribution in [0.3, 0.4) is 0 Å². The average Bonchev–Trinajstić information content (AvgIpc) is 3.39. The predicted molar refractivity (Wildman–Crippen MR) is 110 cm³/mol. The van der Waals surface area contributed by atoms with Gasteiger partial charge < -0.3 is 10.6 Å². The molecule has 0 aromatic heterocycles. The summed E-state index contributed by atoms with van der Waals surface area (Å²) in [5.41, 5.74) is 17.0. The monoisotopic (exact) mass is 362 g/mol. The first-order valence-corrected chi connectivity index (χ1v) is 9.48. The quantitative estimate of drug-likeness (QED) is 0.469. The lowest BCUT2D eigenvalue weighted by Gasteiger charge is -2.17. The fourth-order valence-corrected chi connectivity index (χ4v) is 3.61. The molecule has 0 atom stereocenters.